The van der Waals surface area contributed by atoms with Crippen LogP contribution in [0.2, 0.25) is 0 Å². The number of hydrogen-bond donors (Lipinski definition) is 3. The molecule has 0 radical (unpaired) electrons. The number of amides is 1. The molecule has 6 nitrogen and oxygen atoms in total. The third-order valence-electron chi connectivity index (χ3n) is 1.64. The molecule has 0 aromatic heterocycles. The highest BCUT2D eigenvalue weighted by Gasteiger charge is 2.02. The molecule has 0 fully saturated rings. The van der Waals surface area contributed by atoms with E-state index in [2.05, 4.69) is 15.4 Å². The smallest absolute Gasteiger partial charge is 0.221 e. The van der Waals surface area contributed by atoms with Gasteiger partial charge in [-0.25, -0.2) is 13.1 Å². The van der Waals surface area contributed by atoms with E-state index in [0.717, 1.165) is 6.26 Å². The summed E-state index contributed by atoms with van der Waals surface area (Å²) in [5.41, 5.74) is 0. The molecule has 3 N–H and O–H groups in total. The van der Waals surface area contributed by atoms with Gasteiger partial charge in [-0.2, -0.15) is 0 Å². The van der Waals surface area contributed by atoms with Gasteiger partial charge in [-0.1, -0.05) is 0 Å². The van der Waals surface area contributed by atoms with Crippen LogP contribution in [0, 0.1) is 0 Å². The van der Waals surface area contributed by atoms with Crippen molar-refractivity contribution in [2.24, 2.45) is 0 Å². The predicted octanol–water partition coefficient (Wildman–Crippen LogP) is -0.960. The van der Waals surface area contributed by atoms with Crippen molar-refractivity contribution in [1.82, 2.24) is 15.4 Å². The Balaban J connectivity index is 3.37. The Kier molecular flexibility index (Phi) is 7.27. The number of hydrogen-bond acceptors (Lipinski definition) is 4. The highest BCUT2D eigenvalue weighted by Crippen LogP contribution is 1.81. The summed E-state index contributed by atoms with van der Waals surface area (Å²) in [5, 5.41) is 5.74. The lowest BCUT2D eigenvalue weighted by Crippen LogP contribution is -2.35. The first-order valence-electron chi connectivity index (χ1n) is 5.26. The minimum absolute atomic E-state index is 0.00132. The Bertz CT molecular complexity index is 301. The molecule has 0 atom stereocenters. The van der Waals surface area contributed by atoms with Gasteiger partial charge in [0.1, 0.15) is 0 Å². The number of carbonyl (C=O) groups excluding carboxylic acids is 1. The maximum Gasteiger partial charge on any atom is 0.221 e. The van der Waals surface area contributed by atoms with E-state index in [9.17, 15) is 13.2 Å². The first kappa shape index (κ1) is 15.3. The summed E-state index contributed by atoms with van der Waals surface area (Å²) < 4.78 is 23.7. The Morgan fingerprint density at radius 2 is 1.81 bits per heavy atom. The molecule has 0 unspecified atom stereocenters. The molecule has 0 aliphatic carbocycles. The van der Waals surface area contributed by atoms with Gasteiger partial charge >= 0.3 is 0 Å². The number of carbonyl (C=O) groups is 1. The molecule has 0 aliphatic heterocycles. The van der Waals surface area contributed by atoms with Crippen LogP contribution in [0.1, 0.15) is 20.3 Å². The molecule has 0 aliphatic rings. The van der Waals surface area contributed by atoms with Gasteiger partial charge in [-0.15, -0.1) is 0 Å². The van der Waals surface area contributed by atoms with Crippen LogP contribution in [0.5, 0.6) is 0 Å². The second-order valence-electron chi connectivity index (χ2n) is 3.89. The van der Waals surface area contributed by atoms with Crippen LogP contribution in [0.4, 0.5) is 0 Å². The summed E-state index contributed by atoms with van der Waals surface area (Å²) in [6.45, 7) is 5.21. The van der Waals surface area contributed by atoms with Gasteiger partial charge in [-0.3, -0.25) is 4.79 Å². The van der Waals surface area contributed by atoms with E-state index in [0.29, 0.717) is 26.1 Å². The van der Waals surface area contributed by atoms with Crippen LogP contribution in [0.25, 0.3) is 0 Å². The van der Waals surface area contributed by atoms with Crippen molar-refractivity contribution in [2.75, 3.05) is 25.9 Å². The molecule has 7 heteroatoms. The van der Waals surface area contributed by atoms with Gasteiger partial charge in [0.05, 0.1) is 6.26 Å². The second-order valence-corrected chi connectivity index (χ2v) is 5.72. The van der Waals surface area contributed by atoms with Gasteiger partial charge in [0.25, 0.3) is 0 Å². The number of rotatable bonds is 8. The lowest BCUT2D eigenvalue weighted by atomic mass is 10.3. The van der Waals surface area contributed by atoms with Crippen LogP contribution in [-0.4, -0.2) is 46.3 Å². The summed E-state index contributed by atoms with van der Waals surface area (Å²) in [6, 6.07) is 0.152. The topological polar surface area (TPSA) is 87.3 Å². The molecule has 0 aromatic carbocycles. The maximum absolute atomic E-state index is 11.2. The molecule has 0 rings (SSSR count). The summed E-state index contributed by atoms with van der Waals surface area (Å²) in [6.07, 6.45) is 1.51. The van der Waals surface area contributed by atoms with Crippen LogP contribution in [0.3, 0.4) is 0 Å². The van der Waals surface area contributed by atoms with Crippen molar-refractivity contribution in [3.05, 3.63) is 0 Å². The van der Waals surface area contributed by atoms with Crippen molar-refractivity contribution in [1.29, 1.82) is 0 Å². The number of nitrogens with one attached hydrogen (secondary N) is 3. The molecule has 0 saturated carbocycles. The Labute approximate surface area is 97.2 Å². The first-order chi connectivity index (χ1) is 7.31. The lowest BCUT2D eigenvalue weighted by Gasteiger charge is -2.08. The Hall–Kier alpha value is -0.660. The molecular weight excluding hydrogens is 230 g/mol. The highest BCUT2D eigenvalue weighted by atomic mass is 32.2. The van der Waals surface area contributed by atoms with Gasteiger partial charge in [0, 0.05) is 32.1 Å². The quantitative estimate of drug-likeness (QED) is 0.485. The van der Waals surface area contributed by atoms with E-state index >= 15 is 0 Å². The van der Waals surface area contributed by atoms with E-state index in [1.54, 1.807) is 0 Å². The molecule has 0 spiro atoms. The first-order valence-corrected chi connectivity index (χ1v) is 7.15. The average Bonchev–Trinajstić information content (AvgIpc) is 2.07. The van der Waals surface area contributed by atoms with Gasteiger partial charge in [0.2, 0.25) is 15.9 Å². The molecule has 16 heavy (non-hydrogen) atoms. The fourth-order valence-electron chi connectivity index (χ4n) is 1.05. The van der Waals surface area contributed by atoms with Crippen LogP contribution < -0.4 is 15.4 Å². The third kappa shape index (κ3) is 11.4. The van der Waals surface area contributed by atoms with Crippen molar-refractivity contribution < 1.29 is 13.2 Å². The summed E-state index contributed by atoms with van der Waals surface area (Å²) in [7, 11) is -3.11. The maximum atomic E-state index is 11.2. The molecule has 0 saturated heterocycles. The van der Waals surface area contributed by atoms with Crippen LogP contribution >= 0.6 is 0 Å². The summed E-state index contributed by atoms with van der Waals surface area (Å²) in [5.74, 6) is -0.00132. The highest BCUT2D eigenvalue weighted by molar-refractivity contribution is 7.88. The largest absolute Gasteiger partial charge is 0.354 e. The fraction of sp³-hybridized carbons (Fsp3) is 0.889. The monoisotopic (exact) mass is 251 g/mol. The average molecular weight is 251 g/mol. The molecule has 1 amide bonds. The second kappa shape index (κ2) is 7.59. The zero-order valence-corrected chi connectivity index (χ0v) is 10.9. The minimum atomic E-state index is -3.11. The molecular formula is C9H21N3O3S. The zero-order valence-electron chi connectivity index (χ0n) is 10.0. The lowest BCUT2D eigenvalue weighted by molar-refractivity contribution is -0.121. The van der Waals surface area contributed by atoms with E-state index in [-0.39, 0.29) is 11.9 Å². The van der Waals surface area contributed by atoms with E-state index in [4.69, 9.17) is 0 Å². The zero-order chi connectivity index (χ0) is 12.6. The SMILES string of the molecule is CC(C)NC(=O)CCNCCNS(C)(=O)=O. The molecule has 0 aromatic rings. The standard InChI is InChI=1S/C9H21N3O3S/c1-8(2)12-9(13)4-5-10-6-7-11-16(3,14)15/h8,10-11H,4-7H2,1-3H3,(H,12,13). The third-order valence-corrected chi connectivity index (χ3v) is 2.37. The van der Waals surface area contributed by atoms with Crippen molar-refractivity contribution in [2.45, 2.75) is 26.3 Å². The minimum Gasteiger partial charge on any atom is -0.354 e. The van der Waals surface area contributed by atoms with Crippen molar-refractivity contribution >= 4 is 15.9 Å². The van der Waals surface area contributed by atoms with E-state index in [1.807, 2.05) is 13.8 Å². The van der Waals surface area contributed by atoms with Crippen molar-refractivity contribution in [3.63, 3.8) is 0 Å². The normalized spacial score (nSPS) is 11.8. The van der Waals surface area contributed by atoms with Crippen LogP contribution in [0.15, 0.2) is 0 Å². The summed E-state index contributed by atoms with van der Waals surface area (Å²) in [4.78, 5) is 11.2. The molecule has 96 valence electrons. The van der Waals surface area contributed by atoms with Crippen LogP contribution in [-0.2, 0) is 14.8 Å². The van der Waals surface area contributed by atoms with E-state index in [1.165, 1.54) is 0 Å². The number of sulfonamides is 1. The van der Waals surface area contributed by atoms with E-state index < -0.39 is 10.0 Å². The van der Waals surface area contributed by atoms with Crippen molar-refractivity contribution in [3.8, 4) is 0 Å². The summed E-state index contributed by atoms with van der Waals surface area (Å²) >= 11 is 0. The van der Waals surface area contributed by atoms with Gasteiger partial charge in [-0.05, 0) is 13.8 Å². The fourth-order valence-corrected chi connectivity index (χ4v) is 1.52. The van der Waals surface area contributed by atoms with Gasteiger partial charge in [0.15, 0.2) is 0 Å². The Morgan fingerprint density at radius 3 is 2.31 bits per heavy atom. The molecule has 0 heterocycles. The predicted molar refractivity (Wildman–Crippen MR) is 63.6 cm³/mol. The Morgan fingerprint density at radius 1 is 1.19 bits per heavy atom. The molecule has 0 bridgehead atoms. The van der Waals surface area contributed by atoms with Gasteiger partial charge < -0.3 is 10.6 Å².